The minimum Gasteiger partial charge on any atom is -0.490 e. The number of amides is 1. The van der Waals surface area contributed by atoms with Crippen molar-refractivity contribution in [3.63, 3.8) is 0 Å². The van der Waals surface area contributed by atoms with Crippen LogP contribution in [0.15, 0.2) is 60.8 Å². The summed E-state index contributed by atoms with van der Waals surface area (Å²) in [5.41, 5.74) is 0.501. The summed E-state index contributed by atoms with van der Waals surface area (Å²) < 4.78 is 18.9. The van der Waals surface area contributed by atoms with Crippen molar-refractivity contribution in [2.75, 3.05) is 13.1 Å². The van der Waals surface area contributed by atoms with Gasteiger partial charge in [0.1, 0.15) is 23.4 Å². The molecule has 132 valence electrons. The van der Waals surface area contributed by atoms with Crippen LogP contribution in [0.3, 0.4) is 0 Å². The summed E-state index contributed by atoms with van der Waals surface area (Å²) in [6, 6.07) is 15.7. The standard InChI is InChI=1S/C21H19FN2O2/c22-16-5-7-17(8-6-16)26-18-10-13-24(14-11-18)21(25)20-19-4-2-1-3-15(19)9-12-23-20/h1-9,12,18H,10-11,13-14H2. The SMILES string of the molecule is O=C(c1nccc2ccccc12)N1CCC(Oc2ccc(F)cc2)CC1. The quantitative estimate of drug-likeness (QED) is 0.715. The number of rotatable bonds is 3. The molecule has 1 aromatic heterocycles. The van der Waals surface area contributed by atoms with E-state index in [1.165, 1.54) is 12.1 Å². The Morgan fingerprint density at radius 2 is 1.77 bits per heavy atom. The molecule has 0 unspecified atom stereocenters. The lowest BCUT2D eigenvalue weighted by Gasteiger charge is -2.32. The Labute approximate surface area is 151 Å². The number of hydrogen-bond donors (Lipinski definition) is 0. The molecule has 1 fully saturated rings. The van der Waals surface area contributed by atoms with Gasteiger partial charge in [0.25, 0.3) is 5.91 Å². The maximum Gasteiger partial charge on any atom is 0.273 e. The van der Waals surface area contributed by atoms with Gasteiger partial charge in [-0.15, -0.1) is 0 Å². The Hall–Kier alpha value is -2.95. The van der Waals surface area contributed by atoms with Crippen LogP contribution in [-0.2, 0) is 0 Å². The lowest BCUT2D eigenvalue weighted by atomic mass is 10.1. The van der Waals surface area contributed by atoms with Gasteiger partial charge in [0, 0.05) is 37.5 Å². The normalized spacial score (nSPS) is 15.2. The van der Waals surface area contributed by atoms with Crippen LogP contribution >= 0.6 is 0 Å². The van der Waals surface area contributed by atoms with Gasteiger partial charge in [-0.1, -0.05) is 24.3 Å². The Morgan fingerprint density at radius 3 is 2.54 bits per heavy atom. The Bertz CT molecular complexity index is 913. The third kappa shape index (κ3) is 3.38. The highest BCUT2D eigenvalue weighted by Crippen LogP contribution is 2.22. The monoisotopic (exact) mass is 350 g/mol. The molecule has 3 aromatic rings. The van der Waals surface area contributed by atoms with E-state index in [1.54, 1.807) is 18.3 Å². The molecule has 1 saturated heterocycles. The number of hydrogen-bond acceptors (Lipinski definition) is 3. The number of likely N-dealkylation sites (tertiary alicyclic amines) is 1. The third-order valence-corrected chi connectivity index (χ3v) is 4.72. The van der Waals surface area contributed by atoms with E-state index in [0.29, 0.717) is 24.5 Å². The van der Waals surface area contributed by atoms with Gasteiger partial charge in [0.05, 0.1) is 0 Å². The van der Waals surface area contributed by atoms with Crippen LogP contribution in [0.1, 0.15) is 23.3 Å². The first-order chi connectivity index (χ1) is 12.7. The molecule has 0 spiro atoms. The van der Waals surface area contributed by atoms with Crippen molar-refractivity contribution in [2.45, 2.75) is 18.9 Å². The van der Waals surface area contributed by atoms with Crippen molar-refractivity contribution < 1.29 is 13.9 Å². The maximum absolute atomic E-state index is 13.0. The van der Waals surface area contributed by atoms with Crippen LogP contribution < -0.4 is 4.74 Å². The molecule has 5 heteroatoms. The summed E-state index contributed by atoms with van der Waals surface area (Å²) in [6.07, 6.45) is 3.20. The van der Waals surface area contributed by atoms with Crippen molar-refractivity contribution in [2.24, 2.45) is 0 Å². The highest BCUT2D eigenvalue weighted by molar-refractivity contribution is 6.05. The molecule has 26 heavy (non-hydrogen) atoms. The van der Waals surface area contributed by atoms with E-state index in [9.17, 15) is 9.18 Å². The number of fused-ring (bicyclic) bond motifs is 1. The molecule has 1 amide bonds. The lowest BCUT2D eigenvalue weighted by molar-refractivity contribution is 0.0592. The number of piperidine rings is 1. The number of carbonyl (C=O) groups excluding carboxylic acids is 1. The lowest BCUT2D eigenvalue weighted by Crippen LogP contribution is -2.42. The zero-order valence-corrected chi connectivity index (χ0v) is 14.3. The molecule has 4 rings (SSSR count). The van der Waals surface area contributed by atoms with E-state index in [2.05, 4.69) is 4.98 Å². The molecule has 2 aromatic carbocycles. The van der Waals surface area contributed by atoms with Gasteiger partial charge >= 0.3 is 0 Å². The number of ether oxygens (including phenoxy) is 1. The van der Waals surface area contributed by atoms with E-state index in [1.807, 2.05) is 35.2 Å². The fourth-order valence-corrected chi connectivity index (χ4v) is 3.32. The van der Waals surface area contributed by atoms with Crippen molar-refractivity contribution in [1.29, 1.82) is 0 Å². The molecule has 1 aliphatic rings. The van der Waals surface area contributed by atoms with Crippen molar-refractivity contribution in [1.82, 2.24) is 9.88 Å². The van der Waals surface area contributed by atoms with E-state index >= 15 is 0 Å². The van der Waals surface area contributed by atoms with Crippen LogP contribution in [0, 0.1) is 5.82 Å². The van der Waals surface area contributed by atoms with Gasteiger partial charge in [-0.3, -0.25) is 9.78 Å². The van der Waals surface area contributed by atoms with Gasteiger partial charge in [-0.2, -0.15) is 0 Å². The summed E-state index contributed by atoms with van der Waals surface area (Å²) in [7, 11) is 0. The highest BCUT2D eigenvalue weighted by Gasteiger charge is 2.26. The van der Waals surface area contributed by atoms with Crippen LogP contribution in [-0.4, -0.2) is 35.0 Å². The zero-order valence-electron chi connectivity index (χ0n) is 14.3. The third-order valence-electron chi connectivity index (χ3n) is 4.72. The molecular formula is C21H19FN2O2. The summed E-state index contributed by atoms with van der Waals surface area (Å²) in [5, 5.41) is 1.89. The van der Waals surface area contributed by atoms with Crippen LogP contribution in [0.2, 0.25) is 0 Å². The zero-order chi connectivity index (χ0) is 17.9. The second-order valence-corrected chi connectivity index (χ2v) is 6.44. The number of halogens is 1. The van der Waals surface area contributed by atoms with Crippen LogP contribution in [0.25, 0.3) is 10.8 Å². The Balaban J connectivity index is 1.42. The van der Waals surface area contributed by atoms with E-state index in [0.717, 1.165) is 23.6 Å². The fourth-order valence-electron chi connectivity index (χ4n) is 3.32. The van der Waals surface area contributed by atoms with Crippen LogP contribution in [0.5, 0.6) is 5.75 Å². The number of benzene rings is 2. The number of nitrogens with zero attached hydrogens (tertiary/aromatic N) is 2. The molecular weight excluding hydrogens is 331 g/mol. The molecule has 0 aliphatic carbocycles. The molecule has 0 saturated carbocycles. The largest absolute Gasteiger partial charge is 0.490 e. The van der Waals surface area contributed by atoms with E-state index < -0.39 is 0 Å². The second kappa shape index (κ2) is 7.12. The molecule has 4 nitrogen and oxygen atoms in total. The summed E-state index contributed by atoms with van der Waals surface area (Å²) >= 11 is 0. The molecule has 0 N–H and O–H groups in total. The summed E-state index contributed by atoms with van der Waals surface area (Å²) in [6.45, 7) is 1.24. The van der Waals surface area contributed by atoms with Crippen molar-refractivity contribution >= 4 is 16.7 Å². The first-order valence-corrected chi connectivity index (χ1v) is 8.76. The second-order valence-electron chi connectivity index (χ2n) is 6.44. The van der Waals surface area contributed by atoms with Gasteiger partial charge in [-0.25, -0.2) is 4.39 Å². The van der Waals surface area contributed by atoms with Gasteiger partial charge in [-0.05, 0) is 35.7 Å². The fraction of sp³-hybridized carbons (Fsp3) is 0.238. The summed E-state index contributed by atoms with van der Waals surface area (Å²) in [4.78, 5) is 19.0. The predicted molar refractivity (Wildman–Crippen MR) is 97.7 cm³/mol. The number of aromatic nitrogens is 1. The Morgan fingerprint density at radius 1 is 1.04 bits per heavy atom. The molecule has 0 radical (unpaired) electrons. The topological polar surface area (TPSA) is 42.4 Å². The molecule has 2 heterocycles. The van der Waals surface area contributed by atoms with Gasteiger partial charge in [0.2, 0.25) is 0 Å². The average Bonchev–Trinajstić information content (AvgIpc) is 2.69. The molecule has 0 atom stereocenters. The highest BCUT2D eigenvalue weighted by atomic mass is 19.1. The van der Waals surface area contributed by atoms with E-state index in [4.69, 9.17) is 4.74 Å². The van der Waals surface area contributed by atoms with Crippen LogP contribution in [0.4, 0.5) is 4.39 Å². The number of carbonyl (C=O) groups is 1. The first kappa shape index (κ1) is 16.5. The first-order valence-electron chi connectivity index (χ1n) is 8.76. The average molecular weight is 350 g/mol. The van der Waals surface area contributed by atoms with Crippen molar-refractivity contribution in [3.05, 3.63) is 72.3 Å². The molecule has 0 bridgehead atoms. The van der Waals surface area contributed by atoms with Gasteiger partial charge < -0.3 is 9.64 Å². The minimum absolute atomic E-state index is 0.0324. The predicted octanol–water partition coefficient (Wildman–Crippen LogP) is 4.06. The van der Waals surface area contributed by atoms with Gasteiger partial charge in [0.15, 0.2) is 0 Å². The Kier molecular flexibility index (Phi) is 4.52. The summed E-state index contributed by atoms with van der Waals surface area (Å²) in [5.74, 6) is 0.342. The minimum atomic E-state index is -0.277. The van der Waals surface area contributed by atoms with E-state index in [-0.39, 0.29) is 17.8 Å². The maximum atomic E-state index is 13.0. The van der Waals surface area contributed by atoms with Crippen molar-refractivity contribution in [3.8, 4) is 5.75 Å². The smallest absolute Gasteiger partial charge is 0.273 e. The number of pyridine rings is 1. The molecule has 1 aliphatic heterocycles.